The molecule has 2 atom stereocenters. The van der Waals surface area contributed by atoms with Crippen molar-refractivity contribution in [1.82, 2.24) is 0 Å². The van der Waals surface area contributed by atoms with Gasteiger partial charge >= 0.3 is 35.2 Å². The van der Waals surface area contributed by atoms with Crippen LogP contribution in [-0.4, -0.2) is 58.7 Å². The van der Waals surface area contributed by atoms with Crippen LogP contribution in [-0.2, 0) is 4.12 Å². The molecule has 1 nitrogen and oxygen atoms in total. The molecule has 0 heterocycles. The van der Waals surface area contributed by atoms with Crippen molar-refractivity contribution in [3.05, 3.63) is 0 Å². The van der Waals surface area contributed by atoms with Gasteiger partial charge in [0.25, 0.3) is 0 Å². The Morgan fingerprint density at radius 2 is 1.00 bits per heavy atom. The van der Waals surface area contributed by atoms with Crippen molar-refractivity contribution >= 4 is 17.4 Å². The summed E-state index contributed by atoms with van der Waals surface area (Å²) >= 11 is 0. The molecule has 0 radical (unpaired) electrons. The quantitative estimate of drug-likeness (QED) is 0.295. The summed E-state index contributed by atoms with van der Waals surface area (Å²) in [4.78, 5) is 0. The third-order valence-corrected chi connectivity index (χ3v) is 9.19. The van der Waals surface area contributed by atoms with Gasteiger partial charge in [-0.25, -0.2) is 13.2 Å². The highest BCUT2D eigenvalue weighted by Gasteiger charge is 2.91. The van der Waals surface area contributed by atoms with Crippen molar-refractivity contribution < 1.29 is 61.2 Å². The molecule has 0 aliphatic heterocycles. The fourth-order valence-electron chi connectivity index (χ4n) is 1.92. The molecule has 0 aromatic rings. The number of hydrogen-bond acceptors (Lipinski definition) is 1. The Morgan fingerprint density at radius 1 is 0.679 bits per heavy atom. The van der Waals surface area contributed by atoms with Crippen molar-refractivity contribution in [2.24, 2.45) is 0 Å². The third-order valence-electron chi connectivity index (χ3n) is 3.56. The first-order chi connectivity index (χ1) is 11.8. The summed E-state index contributed by atoms with van der Waals surface area (Å²) in [6.45, 7) is 3.29. The van der Waals surface area contributed by atoms with Crippen LogP contribution < -0.4 is 0 Å². The lowest BCUT2D eigenvalue weighted by molar-refractivity contribution is -0.422. The first kappa shape index (κ1) is 27.5. The molecule has 0 aromatic carbocycles. The topological polar surface area (TPSA) is 9.23 Å². The van der Waals surface area contributed by atoms with E-state index in [9.17, 15) is 57.1 Å². The zero-order valence-electron chi connectivity index (χ0n) is 15.0. The van der Waals surface area contributed by atoms with E-state index in [1.165, 1.54) is 0 Å². The van der Waals surface area contributed by atoms with E-state index in [-0.39, 0.29) is 6.55 Å². The number of alkyl halides is 13. The fraction of sp³-hybridized carbons (Fsp3) is 1.00. The van der Waals surface area contributed by atoms with Crippen molar-refractivity contribution in [2.45, 2.75) is 74.4 Å². The van der Waals surface area contributed by atoms with E-state index in [0.717, 1.165) is 19.6 Å². The van der Waals surface area contributed by atoms with Gasteiger partial charge in [0, 0.05) is 0 Å². The van der Waals surface area contributed by atoms with Gasteiger partial charge in [-0.3, -0.25) is 0 Å². The maximum Gasteiger partial charge on any atom is 0.384 e. The number of rotatable bonds is 9. The van der Waals surface area contributed by atoms with Crippen molar-refractivity contribution in [1.29, 1.82) is 0 Å². The van der Waals surface area contributed by atoms with Gasteiger partial charge in [0.2, 0.25) is 9.04 Å². The van der Waals surface area contributed by atoms with Gasteiger partial charge in [-0.2, -0.15) is 43.9 Å². The molecule has 28 heavy (non-hydrogen) atoms. The molecule has 0 fully saturated rings. The highest BCUT2D eigenvalue weighted by molar-refractivity contribution is 6.77. The maximum absolute atomic E-state index is 13.9. The maximum atomic E-state index is 13.9. The van der Waals surface area contributed by atoms with Gasteiger partial charge < -0.3 is 4.12 Å². The molecule has 0 spiro atoms. The predicted molar refractivity (Wildman–Crippen MR) is 77.7 cm³/mol. The van der Waals surface area contributed by atoms with Crippen LogP contribution in [0, 0.1) is 0 Å². The smallest absolute Gasteiger partial charge is 0.384 e. The molecule has 170 valence electrons. The molecule has 0 aliphatic rings. The second-order valence-corrected chi connectivity index (χ2v) is 14.2. The Hall–Kier alpha value is -0.516. The van der Waals surface area contributed by atoms with Crippen LogP contribution in [0.15, 0.2) is 0 Å². The van der Waals surface area contributed by atoms with E-state index in [2.05, 4.69) is 4.12 Å². The first-order valence-corrected chi connectivity index (χ1v) is 13.0. The number of halogens is 13. The Balaban J connectivity index is 6.39. The molecule has 0 aromatic heterocycles. The van der Waals surface area contributed by atoms with E-state index in [4.69, 9.17) is 0 Å². The SMILES string of the molecule is CC(F)C(F)(F)C(F)(F)C(F)(F)C(F)(F)C(F)(F)C(F)(F)[SiH](C)O[Si](C)(C)C. The van der Waals surface area contributed by atoms with E-state index >= 15 is 0 Å². The lowest BCUT2D eigenvalue weighted by Gasteiger charge is -2.43. The molecule has 2 unspecified atom stereocenters. The van der Waals surface area contributed by atoms with Crippen LogP contribution in [0.2, 0.25) is 26.2 Å². The minimum atomic E-state index is -7.75. The standard InChI is InChI=1S/C12H17F13OSi2/c1-6(13)7(14,15)8(16,17)9(18,19)10(20,21)11(22,23)12(24,25)27(2)26-28(3,4)5/h6,27H,1-5H3. The average Bonchev–Trinajstić information content (AvgIpc) is 2.43. The third kappa shape index (κ3) is 4.04. The van der Waals surface area contributed by atoms with Crippen LogP contribution in [0.1, 0.15) is 6.92 Å². The molecule has 0 bridgehead atoms. The van der Waals surface area contributed by atoms with Gasteiger partial charge in [0.15, 0.2) is 14.5 Å². The molecule has 0 aliphatic carbocycles. The molecule has 0 rings (SSSR count). The summed E-state index contributed by atoms with van der Waals surface area (Å²) in [6.07, 6.45) is -4.19. The molecular formula is C12H17F13OSi2. The first-order valence-electron chi connectivity index (χ1n) is 7.41. The van der Waals surface area contributed by atoms with Gasteiger partial charge in [-0.05, 0) is 33.1 Å². The van der Waals surface area contributed by atoms with Crippen molar-refractivity contribution in [2.75, 3.05) is 0 Å². The van der Waals surface area contributed by atoms with Crippen LogP contribution >= 0.6 is 0 Å². The van der Waals surface area contributed by atoms with Gasteiger partial charge in [-0.1, -0.05) is 0 Å². The zero-order chi connectivity index (χ0) is 23.4. The molecule has 16 heteroatoms. The molecule has 0 saturated carbocycles. The van der Waals surface area contributed by atoms with Crippen molar-refractivity contribution in [3.63, 3.8) is 0 Å². The Labute approximate surface area is 154 Å². The largest absolute Gasteiger partial charge is 0.454 e. The second kappa shape index (κ2) is 7.32. The van der Waals surface area contributed by atoms with E-state index in [1.807, 2.05) is 0 Å². The predicted octanol–water partition coefficient (Wildman–Crippen LogP) is 5.90. The fourth-order valence-corrected chi connectivity index (χ4v) is 7.45. The van der Waals surface area contributed by atoms with E-state index < -0.39 is 65.6 Å². The Kier molecular flexibility index (Phi) is 7.18. The summed E-state index contributed by atoms with van der Waals surface area (Å²) in [5.74, 6) is -36.6. The van der Waals surface area contributed by atoms with Crippen LogP contribution in [0.5, 0.6) is 0 Å². The van der Waals surface area contributed by atoms with Crippen molar-refractivity contribution in [3.8, 4) is 0 Å². The molecule has 0 N–H and O–H groups in total. The number of hydrogen-bond donors (Lipinski definition) is 0. The summed E-state index contributed by atoms with van der Waals surface area (Å²) in [5, 5.41) is 0. The molecule has 0 saturated heterocycles. The minimum absolute atomic E-state index is 0.233. The van der Waals surface area contributed by atoms with E-state index in [0.29, 0.717) is 0 Å². The lowest BCUT2D eigenvalue weighted by atomic mass is 9.92. The highest BCUT2D eigenvalue weighted by atomic mass is 28.4. The van der Waals surface area contributed by atoms with Gasteiger partial charge in [0.1, 0.15) is 0 Å². The van der Waals surface area contributed by atoms with Crippen LogP contribution in [0.25, 0.3) is 0 Å². The summed E-state index contributed by atoms with van der Waals surface area (Å²) in [7, 11) is -7.89. The van der Waals surface area contributed by atoms with E-state index in [1.54, 1.807) is 0 Å². The second-order valence-electron chi connectivity index (χ2n) is 7.03. The van der Waals surface area contributed by atoms with Gasteiger partial charge in [-0.15, -0.1) is 0 Å². The molecular weight excluding hydrogens is 463 g/mol. The zero-order valence-corrected chi connectivity index (χ0v) is 17.1. The van der Waals surface area contributed by atoms with Gasteiger partial charge in [0.05, 0.1) is 0 Å². The lowest BCUT2D eigenvalue weighted by Crippen LogP contribution is -2.73. The molecule has 0 amide bonds. The highest BCUT2D eigenvalue weighted by Crippen LogP contribution is 2.61. The monoisotopic (exact) mass is 480 g/mol. The summed E-state index contributed by atoms with van der Waals surface area (Å²) < 4.78 is 179. The summed E-state index contributed by atoms with van der Waals surface area (Å²) in [5.41, 5.74) is -6.05. The summed E-state index contributed by atoms with van der Waals surface area (Å²) in [6, 6.07) is 0. The Bertz CT molecular complexity index is 556. The average molecular weight is 480 g/mol. The normalized spacial score (nSPS) is 18.2. The Morgan fingerprint density at radius 3 is 1.29 bits per heavy atom. The van der Waals surface area contributed by atoms with Crippen LogP contribution in [0.3, 0.4) is 0 Å². The van der Waals surface area contributed by atoms with Crippen LogP contribution in [0.4, 0.5) is 57.1 Å². The minimum Gasteiger partial charge on any atom is -0.454 e.